The average Bonchev–Trinajstić information content (AvgIpc) is 2.83. The highest BCUT2D eigenvalue weighted by atomic mass is 32.2. The zero-order valence-electron chi connectivity index (χ0n) is 11.0. The number of pyridine rings is 1. The van der Waals surface area contributed by atoms with Gasteiger partial charge in [0.25, 0.3) is 0 Å². The van der Waals surface area contributed by atoms with Crippen molar-refractivity contribution in [2.45, 2.75) is 24.4 Å². The molecule has 2 aromatic heterocycles. The maximum atomic E-state index is 5.80. The number of rotatable bonds is 4. The zero-order valence-corrected chi connectivity index (χ0v) is 11.8. The summed E-state index contributed by atoms with van der Waals surface area (Å²) in [5.74, 6) is 1.05. The molecule has 0 aromatic carbocycles. The summed E-state index contributed by atoms with van der Waals surface area (Å²) in [7, 11) is 0. The molecule has 0 bridgehead atoms. The number of nitrogens with two attached hydrogens (primary N) is 1. The van der Waals surface area contributed by atoms with Crippen LogP contribution in [0.3, 0.4) is 0 Å². The number of hydrogen-bond donors (Lipinski definition) is 1. The molecular formula is C13H19N5S. The van der Waals surface area contributed by atoms with Gasteiger partial charge in [0.15, 0.2) is 10.8 Å². The molecule has 0 atom stereocenters. The molecule has 6 heteroatoms. The molecule has 0 spiro atoms. The van der Waals surface area contributed by atoms with E-state index in [9.17, 15) is 0 Å². The molecule has 1 fully saturated rings. The third-order valence-electron chi connectivity index (χ3n) is 3.48. The molecule has 0 radical (unpaired) electrons. The lowest BCUT2D eigenvalue weighted by atomic mass is 10.1. The molecular weight excluding hydrogens is 258 g/mol. The van der Waals surface area contributed by atoms with Crippen molar-refractivity contribution in [3.05, 3.63) is 18.3 Å². The first-order chi connectivity index (χ1) is 9.33. The number of anilines is 1. The van der Waals surface area contributed by atoms with E-state index in [2.05, 4.69) is 15.1 Å². The summed E-state index contributed by atoms with van der Waals surface area (Å²) in [5, 5.41) is 9.30. The Morgan fingerprint density at radius 2 is 2.00 bits per heavy atom. The van der Waals surface area contributed by atoms with Crippen molar-refractivity contribution in [3.8, 4) is 0 Å². The SMILES string of the molecule is Nc1ccc2nnc(SCCN3CCCCC3)n2c1. The van der Waals surface area contributed by atoms with Crippen LogP contribution in [0.1, 0.15) is 19.3 Å². The topological polar surface area (TPSA) is 59.5 Å². The second-order valence-electron chi connectivity index (χ2n) is 4.92. The molecule has 1 aliphatic rings. The van der Waals surface area contributed by atoms with E-state index >= 15 is 0 Å². The fourth-order valence-corrected chi connectivity index (χ4v) is 3.35. The molecule has 3 heterocycles. The minimum atomic E-state index is 0.741. The number of nitrogen functional groups attached to an aromatic ring is 1. The van der Waals surface area contributed by atoms with Gasteiger partial charge in [-0.2, -0.15) is 0 Å². The van der Waals surface area contributed by atoms with Crippen LogP contribution in [0.2, 0.25) is 0 Å². The lowest BCUT2D eigenvalue weighted by molar-refractivity contribution is 0.242. The number of likely N-dealkylation sites (tertiary alicyclic amines) is 1. The Hall–Kier alpha value is -1.27. The summed E-state index contributed by atoms with van der Waals surface area (Å²) < 4.78 is 1.97. The van der Waals surface area contributed by atoms with Crippen LogP contribution < -0.4 is 5.73 Å². The van der Waals surface area contributed by atoms with Gasteiger partial charge in [-0.05, 0) is 38.1 Å². The summed E-state index contributed by atoms with van der Waals surface area (Å²) in [6.45, 7) is 3.62. The predicted molar refractivity (Wildman–Crippen MR) is 78.4 cm³/mol. The van der Waals surface area contributed by atoms with Gasteiger partial charge in [0.1, 0.15) is 0 Å². The van der Waals surface area contributed by atoms with Crippen molar-refractivity contribution in [3.63, 3.8) is 0 Å². The average molecular weight is 277 g/mol. The van der Waals surface area contributed by atoms with Crippen molar-refractivity contribution >= 4 is 23.1 Å². The Bertz CT molecular complexity index is 547. The molecule has 3 rings (SSSR count). The number of hydrogen-bond acceptors (Lipinski definition) is 5. The smallest absolute Gasteiger partial charge is 0.195 e. The Labute approximate surface area is 117 Å². The lowest BCUT2D eigenvalue weighted by Crippen LogP contribution is -2.31. The van der Waals surface area contributed by atoms with Crippen LogP contribution in [0.5, 0.6) is 0 Å². The van der Waals surface area contributed by atoms with Crippen molar-refractivity contribution in [1.29, 1.82) is 0 Å². The van der Waals surface area contributed by atoms with Gasteiger partial charge in [-0.3, -0.25) is 4.40 Å². The molecule has 19 heavy (non-hydrogen) atoms. The third kappa shape index (κ3) is 3.01. The number of piperidine rings is 1. The van der Waals surface area contributed by atoms with Crippen LogP contribution in [0.25, 0.3) is 5.65 Å². The van der Waals surface area contributed by atoms with E-state index in [-0.39, 0.29) is 0 Å². The largest absolute Gasteiger partial charge is 0.398 e. The fourth-order valence-electron chi connectivity index (χ4n) is 2.43. The van der Waals surface area contributed by atoms with Crippen molar-refractivity contribution in [2.75, 3.05) is 31.1 Å². The van der Waals surface area contributed by atoms with Crippen molar-refractivity contribution in [2.24, 2.45) is 0 Å². The fraction of sp³-hybridized carbons (Fsp3) is 0.538. The van der Waals surface area contributed by atoms with E-state index in [4.69, 9.17) is 5.73 Å². The van der Waals surface area contributed by atoms with Crippen LogP contribution in [0, 0.1) is 0 Å². The van der Waals surface area contributed by atoms with Gasteiger partial charge >= 0.3 is 0 Å². The standard InChI is InChI=1S/C13H19N5S/c14-11-4-5-12-15-16-13(18(12)10-11)19-9-8-17-6-2-1-3-7-17/h4-5,10H,1-3,6-9,14H2. The lowest BCUT2D eigenvalue weighted by Gasteiger charge is -2.25. The number of nitrogens with zero attached hydrogens (tertiary/aromatic N) is 4. The van der Waals surface area contributed by atoms with E-state index in [1.165, 1.54) is 32.4 Å². The van der Waals surface area contributed by atoms with Crippen molar-refractivity contribution < 1.29 is 0 Å². The summed E-state index contributed by atoms with van der Waals surface area (Å²) >= 11 is 1.75. The van der Waals surface area contributed by atoms with E-state index in [0.29, 0.717) is 0 Å². The molecule has 1 aliphatic heterocycles. The minimum absolute atomic E-state index is 0.741. The van der Waals surface area contributed by atoms with Crippen LogP contribution in [-0.4, -0.2) is 44.9 Å². The minimum Gasteiger partial charge on any atom is -0.398 e. The monoisotopic (exact) mass is 277 g/mol. The normalized spacial score (nSPS) is 17.1. The molecule has 102 valence electrons. The van der Waals surface area contributed by atoms with Crippen LogP contribution in [0.4, 0.5) is 5.69 Å². The summed E-state index contributed by atoms with van der Waals surface area (Å²) in [5.41, 5.74) is 7.40. The molecule has 0 aliphatic carbocycles. The van der Waals surface area contributed by atoms with Crippen LogP contribution >= 0.6 is 11.8 Å². The van der Waals surface area contributed by atoms with E-state index in [1.807, 2.05) is 22.7 Å². The second-order valence-corrected chi connectivity index (χ2v) is 5.99. The molecule has 2 N–H and O–H groups in total. The van der Waals surface area contributed by atoms with E-state index in [0.717, 1.165) is 28.8 Å². The predicted octanol–water partition coefficient (Wildman–Crippen LogP) is 1.89. The van der Waals surface area contributed by atoms with Gasteiger partial charge in [0, 0.05) is 24.2 Å². The summed E-state index contributed by atoms with van der Waals surface area (Å²) in [4.78, 5) is 2.54. The number of fused-ring (bicyclic) bond motifs is 1. The van der Waals surface area contributed by atoms with Gasteiger partial charge < -0.3 is 10.6 Å². The highest BCUT2D eigenvalue weighted by molar-refractivity contribution is 7.99. The van der Waals surface area contributed by atoms with Crippen LogP contribution in [0.15, 0.2) is 23.5 Å². The third-order valence-corrected chi connectivity index (χ3v) is 4.40. The first kappa shape index (κ1) is 12.7. The molecule has 0 amide bonds. The first-order valence-corrected chi connectivity index (χ1v) is 7.77. The molecule has 1 saturated heterocycles. The maximum absolute atomic E-state index is 5.80. The number of thioether (sulfide) groups is 1. The highest BCUT2D eigenvalue weighted by Gasteiger charge is 2.11. The number of aromatic nitrogens is 3. The first-order valence-electron chi connectivity index (χ1n) is 6.78. The maximum Gasteiger partial charge on any atom is 0.195 e. The van der Waals surface area contributed by atoms with Gasteiger partial charge in [-0.15, -0.1) is 10.2 Å². The molecule has 0 unspecified atom stereocenters. The Morgan fingerprint density at radius 1 is 1.16 bits per heavy atom. The van der Waals surface area contributed by atoms with Crippen molar-refractivity contribution in [1.82, 2.24) is 19.5 Å². The van der Waals surface area contributed by atoms with Gasteiger partial charge in [-0.25, -0.2) is 0 Å². The quantitative estimate of drug-likeness (QED) is 0.865. The summed E-state index contributed by atoms with van der Waals surface area (Å²) in [6.07, 6.45) is 5.96. The Morgan fingerprint density at radius 3 is 2.84 bits per heavy atom. The Kier molecular flexibility index (Phi) is 3.89. The second kappa shape index (κ2) is 5.79. The van der Waals surface area contributed by atoms with Gasteiger partial charge in [0.2, 0.25) is 0 Å². The Balaban J connectivity index is 1.60. The van der Waals surface area contributed by atoms with E-state index in [1.54, 1.807) is 11.8 Å². The highest BCUT2D eigenvalue weighted by Crippen LogP contribution is 2.19. The molecule has 2 aromatic rings. The van der Waals surface area contributed by atoms with Crippen LogP contribution in [-0.2, 0) is 0 Å². The van der Waals surface area contributed by atoms with Gasteiger partial charge in [0.05, 0.1) is 0 Å². The van der Waals surface area contributed by atoms with E-state index < -0.39 is 0 Å². The molecule has 0 saturated carbocycles. The molecule has 5 nitrogen and oxygen atoms in total. The summed E-state index contributed by atoms with van der Waals surface area (Å²) in [6, 6.07) is 3.75. The zero-order chi connectivity index (χ0) is 13.1. The van der Waals surface area contributed by atoms with Gasteiger partial charge in [-0.1, -0.05) is 18.2 Å².